The van der Waals surface area contributed by atoms with Crippen LogP contribution in [0.25, 0.3) is 10.9 Å². The highest BCUT2D eigenvalue weighted by molar-refractivity contribution is 5.97. The molecule has 0 aliphatic rings. The number of rotatable bonds is 10. The van der Waals surface area contributed by atoms with E-state index in [4.69, 9.17) is 9.47 Å². The van der Waals surface area contributed by atoms with Crippen molar-refractivity contribution >= 4 is 34.0 Å². The Hall–Kier alpha value is -4.21. The fourth-order valence-corrected chi connectivity index (χ4v) is 3.52. The van der Waals surface area contributed by atoms with Crippen molar-refractivity contribution in [2.45, 2.75) is 40.2 Å². The maximum atomic E-state index is 12.4. The van der Waals surface area contributed by atoms with Crippen molar-refractivity contribution in [3.8, 4) is 11.5 Å². The standard InChI is InChI=1S/C25H29N7O3/c1-5-34-19-11-20-24(22(12-19)35-6-2)25(27-15-26-20)29-18-9-7-17(8-10-18)28-23(33)14-32-13-21(16(3)4)30-31-32/h7-13,15-16H,5-6,14H2,1-4H3,(H,28,33)(H,26,27,29). The van der Waals surface area contributed by atoms with E-state index < -0.39 is 0 Å². The van der Waals surface area contributed by atoms with E-state index >= 15 is 0 Å². The number of hydrogen-bond donors (Lipinski definition) is 2. The molecule has 4 aromatic rings. The number of nitrogens with zero attached hydrogens (tertiary/aromatic N) is 5. The number of aromatic nitrogens is 5. The summed E-state index contributed by atoms with van der Waals surface area (Å²) in [6, 6.07) is 11.1. The van der Waals surface area contributed by atoms with Gasteiger partial charge in [0.15, 0.2) is 0 Å². The first-order chi connectivity index (χ1) is 17.0. The molecule has 10 nitrogen and oxygen atoms in total. The van der Waals surface area contributed by atoms with Crippen LogP contribution in [0.15, 0.2) is 48.9 Å². The van der Waals surface area contributed by atoms with Gasteiger partial charge in [-0.05, 0) is 44.0 Å². The summed E-state index contributed by atoms with van der Waals surface area (Å²) in [6.45, 7) is 9.06. The van der Waals surface area contributed by atoms with Crippen molar-refractivity contribution in [1.82, 2.24) is 25.0 Å². The van der Waals surface area contributed by atoms with Crippen LogP contribution in [0.1, 0.15) is 39.3 Å². The van der Waals surface area contributed by atoms with E-state index in [9.17, 15) is 4.79 Å². The van der Waals surface area contributed by atoms with Gasteiger partial charge in [0.2, 0.25) is 5.91 Å². The Labute approximate surface area is 203 Å². The number of carbonyl (C=O) groups excluding carboxylic acids is 1. The lowest BCUT2D eigenvalue weighted by Crippen LogP contribution is -2.19. The van der Waals surface area contributed by atoms with Crippen LogP contribution in [0.5, 0.6) is 11.5 Å². The molecule has 0 saturated heterocycles. The van der Waals surface area contributed by atoms with E-state index in [1.807, 2.05) is 64.1 Å². The Morgan fingerprint density at radius 2 is 1.77 bits per heavy atom. The highest BCUT2D eigenvalue weighted by Gasteiger charge is 2.14. The van der Waals surface area contributed by atoms with Crippen molar-refractivity contribution in [3.05, 3.63) is 54.6 Å². The Balaban J connectivity index is 1.48. The zero-order valence-electron chi connectivity index (χ0n) is 20.3. The molecule has 0 unspecified atom stereocenters. The first kappa shape index (κ1) is 23.9. The Kier molecular flexibility index (Phi) is 7.39. The average Bonchev–Trinajstić information content (AvgIpc) is 3.29. The van der Waals surface area contributed by atoms with Crippen LogP contribution in [0.2, 0.25) is 0 Å². The summed E-state index contributed by atoms with van der Waals surface area (Å²) in [5.41, 5.74) is 3.05. The van der Waals surface area contributed by atoms with E-state index in [0.29, 0.717) is 36.2 Å². The Bertz CT molecular complexity index is 1300. The minimum Gasteiger partial charge on any atom is -0.494 e. The third-order valence-corrected chi connectivity index (χ3v) is 5.17. The van der Waals surface area contributed by atoms with Gasteiger partial charge in [-0.1, -0.05) is 19.1 Å². The van der Waals surface area contributed by atoms with E-state index in [1.165, 1.54) is 11.0 Å². The molecule has 4 rings (SSSR count). The van der Waals surface area contributed by atoms with Gasteiger partial charge in [-0.2, -0.15) is 0 Å². The molecular formula is C25H29N7O3. The number of ether oxygens (including phenoxy) is 2. The molecule has 1 amide bonds. The van der Waals surface area contributed by atoms with E-state index in [-0.39, 0.29) is 18.4 Å². The first-order valence-corrected chi connectivity index (χ1v) is 11.6. The lowest BCUT2D eigenvalue weighted by molar-refractivity contribution is -0.116. The number of fused-ring (bicyclic) bond motifs is 1. The van der Waals surface area contributed by atoms with Gasteiger partial charge >= 0.3 is 0 Å². The lowest BCUT2D eigenvalue weighted by Gasteiger charge is -2.14. The number of carbonyl (C=O) groups is 1. The van der Waals surface area contributed by atoms with Crippen molar-refractivity contribution in [3.63, 3.8) is 0 Å². The molecule has 10 heteroatoms. The van der Waals surface area contributed by atoms with Crippen LogP contribution in [-0.4, -0.2) is 44.1 Å². The van der Waals surface area contributed by atoms with Gasteiger partial charge in [0.25, 0.3) is 0 Å². The van der Waals surface area contributed by atoms with Crippen LogP contribution in [0.3, 0.4) is 0 Å². The molecule has 2 aromatic carbocycles. The van der Waals surface area contributed by atoms with Crippen LogP contribution in [0, 0.1) is 0 Å². The maximum absolute atomic E-state index is 12.4. The summed E-state index contributed by atoms with van der Waals surface area (Å²) in [7, 11) is 0. The molecule has 35 heavy (non-hydrogen) atoms. The molecule has 0 radical (unpaired) electrons. The summed E-state index contributed by atoms with van der Waals surface area (Å²) in [4.78, 5) is 21.2. The molecule has 2 N–H and O–H groups in total. The predicted molar refractivity (Wildman–Crippen MR) is 134 cm³/mol. The Morgan fingerprint density at radius 3 is 2.46 bits per heavy atom. The number of hydrogen-bond acceptors (Lipinski definition) is 8. The van der Waals surface area contributed by atoms with E-state index in [1.54, 1.807) is 6.20 Å². The van der Waals surface area contributed by atoms with Gasteiger partial charge in [-0.25, -0.2) is 14.6 Å². The maximum Gasteiger partial charge on any atom is 0.246 e. The zero-order valence-corrected chi connectivity index (χ0v) is 20.3. The first-order valence-electron chi connectivity index (χ1n) is 11.6. The third kappa shape index (κ3) is 5.84. The van der Waals surface area contributed by atoms with Gasteiger partial charge in [0.05, 0.1) is 29.8 Å². The molecular weight excluding hydrogens is 446 g/mol. The predicted octanol–water partition coefficient (Wildman–Crippen LogP) is 4.52. The molecule has 2 aromatic heterocycles. The van der Waals surface area contributed by atoms with Gasteiger partial charge in [-0.15, -0.1) is 5.10 Å². The molecule has 0 fully saturated rings. The zero-order chi connectivity index (χ0) is 24.8. The van der Waals surface area contributed by atoms with Crippen LogP contribution >= 0.6 is 0 Å². The van der Waals surface area contributed by atoms with Crippen LogP contribution in [-0.2, 0) is 11.3 Å². The number of anilines is 3. The second kappa shape index (κ2) is 10.8. The molecule has 0 bridgehead atoms. The monoisotopic (exact) mass is 475 g/mol. The molecule has 0 aliphatic carbocycles. The van der Waals surface area contributed by atoms with Gasteiger partial charge in [0, 0.05) is 29.7 Å². The van der Waals surface area contributed by atoms with Gasteiger partial charge < -0.3 is 20.1 Å². The second-order valence-electron chi connectivity index (χ2n) is 8.15. The number of benzene rings is 2. The molecule has 0 atom stereocenters. The quantitative estimate of drug-likeness (QED) is 0.344. The van der Waals surface area contributed by atoms with Crippen molar-refractivity contribution in [2.75, 3.05) is 23.8 Å². The topological polar surface area (TPSA) is 116 Å². The lowest BCUT2D eigenvalue weighted by atomic mass is 10.2. The van der Waals surface area contributed by atoms with Crippen LogP contribution < -0.4 is 20.1 Å². The summed E-state index contributed by atoms with van der Waals surface area (Å²) in [5.74, 6) is 2.04. The fourth-order valence-electron chi connectivity index (χ4n) is 3.52. The normalized spacial score (nSPS) is 11.0. The minimum atomic E-state index is -0.181. The van der Waals surface area contributed by atoms with Crippen LogP contribution in [0.4, 0.5) is 17.2 Å². The van der Waals surface area contributed by atoms with E-state index in [0.717, 1.165) is 22.3 Å². The summed E-state index contributed by atoms with van der Waals surface area (Å²) < 4.78 is 13.0. The molecule has 0 spiro atoms. The fraction of sp³-hybridized carbons (Fsp3) is 0.320. The number of amides is 1. The average molecular weight is 476 g/mol. The molecule has 2 heterocycles. The summed E-state index contributed by atoms with van der Waals surface area (Å²) >= 11 is 0. The highest BCUT2D eigenvalue weighted by atomic mass is 16.5. The van der Waals surface area contributed by atoms with Gasteiger partial charge in [0.1, 0.15) is 30.2 Å². The van der Waals surface area contributed by atoms with E-state index in [2.05, 4.69) is 30.9 Å². The smallest absolute Gasteiger partial charge is 0.246 e. The minimum absolute atomic E-state index is 0.0938. The van der Waals surface area contributed by atoms with Crippen molar-refractivity contribution in [1.29, 1.82) is 0 Å². The molecule has 0 aliphatic heterocycles. The molecule has 0 saturated carbocycles. The van der Waals surface area contributed by atoms with Crippen molar-refractivity contribution in [2.24, 2.45) is 0 Å². The third-order valence-electron chi connectivity index (χ3n) is 5.17. The Morgan fingerprint density at radius 1 is 1.03 bits per heavy atom. The van der Waals surface area contributed by atoms with Gasteiger partial charge in [-0.3, -0.25) is 4.79 Å². The second-order valence-corrected chi connectivity index (χ2v) is 8.15. The number of nitrogens with one attached hydrogen (secondary N) is 2. The summed E-state index contributed by atoms with van der Waals surface area (Å²) in [6.07, 6.45) is 3.29. The largest absolute Gasteiger partial charge is 0.494 e. The molecule has 182 valence electrons. The highest BCUT2D eigenvalue weighted by Crippen LogP contribution is 2.35. The SMILES string of the molecule is CCOc1cc(OCC)c2c(Nc3ccc(NC(=O)Cn4cc(C(C)C)nn4)cc3)ncnc2c1. The van der Waals surface area contributed by atoms with Crippen molar-refractivity contribution < 1.29 is 14.3 Å². The summed E-state index contributed by atoms with van der Waals surface area (Å²) in [5, 5.41) is 15.1.